The summed E-state index contributed by atoms with van der Waals surface area (Å²) in [5.74, 6) is 0.301. The van der Waals surface area contributed by atoms with Crippen molar-refractivity contribution in [3.05, 3.63) is 65.7 Å². The maximum atomic E-state index is 12.9. The van der Waals surface area contributed by atoms with Crippen LogP contribution < -0.4 is 5.32 Å². The standard InChI is InChI=1S/C25H25N3O5/c1-5-25(21-7-6-12-31-21)18-13-16(8-10-19(18)27-22(29)15-32-25)20-11-9-17(14-26)28(20)23(30)33-24(2,3)4/h6-13H,5,15H2,1-4H3,(H,27,29). The number of hydrogen-bond acceptors (Lipinski definition) is 6. The molecular formula is C25H25N3O5. The van der Waals surface area contributed by atoms with Crippen LogP contribution in [0.25, 0.3) is 11.3 Å². The third-order valence-corrected chi connectivity index (χ3v) is 5.46. The van der Waals surface area contributed by atoms with Crippen molar-refractivity contribution in [2.45, 2.75) is 45.3 Å². The van der Waals surface area contributed by atoms with Gasteiger partial charge in [0, 0.05) is 11.3 Å². The number of rotatable bonds is 3. The lowest BCUT2D eigenvalue weighted by atomic mass is 9.85. The quantitative estimate of drug-likeness (QED) is 0.604. The molecule has 1 N–H and O–H groups in total. The molecule has 0 bridgehead atoms. The number of aromatic nitrogens is 1. The first-order valence-electron chi connectivity index (χ1n) is 10.7. The van der Waals surface area contributed by atoms with Gasteiger partial charge in [0.2, 0.25) is 5.91 Å². The number of fused-ring (bicyclic) bond motifs is 1. The van der Waals surface area contributed by atoms with Gasteiger partial charge in [-0.2, -0.15) is 5.26 Å². The van der Waals surface area contributed by atoms with Crippen LogP contribution in [0.2, 0.25) is 0 Å². The number of benzene rings is 1. The van der Waals surface area contributed by atoms with Crippen LogP contribution in [0.15, 0.2) is 53.1 Å². The SMILES string of the molecule is CCC1(c2ccco2)OCC(=O)Nc2ccc(-c3ccc(C#N)n3C(=O)OC(C)(C)C)cc21. The monoisotopic (exact) mass is 447 g/mol. The van der Waals surface area contributed by atoms with Gasteiger partial charge in [0.05, 0.1) is 12.0 Å². The highest BCUT2D eigenvalue weighted by atomic mass is 16.6. The summed E-state index contributed by atoms with van der Waals surface area (Å²) in [6.07, 6.45) is 1.42. The summed E-state index contributed by atoms with van der Waals surface area (Å²) in [5, 5.41) is 12.5. The predicted molar refractivity (Wildman–Crippen MR) is 121 cm³/mol. The summed E-state index contributed by atoms with van der Waals surface area (Å²) < 4.78 is 18.6. The van der Waals surface area contributed by atoms with Crippen molar-refractivity contribution in [1.82, 2.24) is 4.57 Å². The minimum atomic E-state index is -1.00. The molecule has 0 aliphatic carbocycles. The number of nitrogens with one attached hydrogen (secondary N) is 1. The predicted octanol–water partition coefficient (Wildman–Crippen LogP) is 5.03. The van der Waals surface area contributed by atoms with Crippen molar-refractivity contribution in [3.8, 4) is 17.3 Å². The van der Waals surface area contributed by atoms with Crippen molar-refractivity contribution in [2.75, 3.05) is 11.9 Å². The lowest BCUT2D eigenvalue weighted by Gasteiger charge is -2.31. The van der Waals surface area contributed by atoms with Crippen LogP contribution in [-0.4, -0.2) is 28.8 Å². The highest BCUT2D eigenvalue weighted by Crippen LogP contribution is 2.44. The first-order chi connectivity index (χ1) is 15.7. The van der Waals surface area contributed by atoms with Crippen molar-refractivity contribution >= 4 is 17.7 Å². The lowest BCUT2D eigenvalue weighted by Crippen LogP contribution is -2.31. The Kier molecular flexibility index (Phi) is 5.60. The molecule has 0 fully saturated rings. The normalized spacial score (nSPS) is 18.1. The Labute approximate surface area is 191 Å². The second kappa shape index (κ2) is 8.26. The molecule has 0 saturated carbocycles. The highest BCUT2D eigenvalue weighted by Gasteiger charge is 2.41. The van der Waals surface area contributed by atoms with E-state index in [2.05, 4.69) is 5.32 Å². The molecule has 1 amide bonds. The average molecular weight is 447 g/mol. The molecule has 3 aromatic rings. The first-order valence-corrected chi connectivity index (χ1v) is 10.7. The van der Waals surface area contributed by atoms with E-state index in [9.17, 15) is 14.9 Å². The summed E-state index contributed by atoms with van der Waals surface area (Å²) >= 11 is 0. The Morgan fingerprint density at radius 2 is 2.06 bits per heavy atom. The molecule has 3 heterocycles. The van der Waals surface area contributed by atoms with Crippen LogP contribution in [-0.2, 0) is 19.9 Å². The molecule has 8 nitrogen and oxygen atoms in total. The number of furan rings is 1. The fourth-order valence-corrected chi connectivity index (χ4v) is 4.03. The summed E-state index contributed by atoms with van der Waals surface area (Å²) in [6, 6.07) is 14.3. The molecule has 1 aromatic carbocycles. The van der Waals surface area contributed by atoms with E-state index in [4.69, 9.17) is 13.9 Å². The highest BCUT2D eigenvalue weighted by molar-refractivity contribution is 5.94. The Hall–Kier alpha value is -3.83. The minimum absolute atomic E-state index is 0.134. The topological polar surface area (TPSA) is 106 Å². The summed E-state index contributed by atoms with van der Waals surface area (Å²) in [5.41, 5.74) is 0.859. The Morgan fingerprint density at radius 1 is 1.27 bits per heavy atom. The van der Waals surface area contributed by atoms with Crippen LogP contribution in [0.3, 0.4) is 0 Å². The van der Waals surface area contributed by atoms with Gasteiger partial charge < -0.3 is 19.2 Å². The fourth-order valence-electron chi connectivity index (χ4n) is 4.03. The molecule has 33 heavy (non-hydrogen) atoms. The number of hydrogen-bond donors (Lipinski definition) is 1. The molecule has 0 radical (unpaired) electrons. The molecule has 1 atom stereocenters. The maximum Gasteiger partial charge on any atom is 0.420 e. The van der Waals surface area contributed by atoms with E-state index in [1.54, 1.807) is 57.4 Å². The van der Waals surface area contributed by atoms with Crippen molar-refractivity contribution in [3.63, 3.8) is 0 Å². The van der Waals surface area contributed by atoms with E-state index >= 15 is 0 Å². The number of carbonyl (C=O) groups is 2. The molecule has 1 aliphatic rings. The number of anilines is 1. The molecule has 0 spiro atoms. The van der Waals surface area contributed by atoms with Crippen molar-refractivity contribution < 1.29 is 23.5 Å². The van der Waals surface area contributed by atoms with Gasteiger partial charge in [-0.3, -0.25) is 4.79 Å². The number of carbonyl (C=O) groups excluding carboxylic acids is 2. The summed E-state index contributed by atoms with van der Waals surface area (Å²) in [6.45, 7) is 7.11. The van der Waals surface area contributed by atoms with Crippen LogP contribution >= 0.6 is 0 Å². The molecule has 4 rings (SSSR count). The van der Waals surface area contributed by atoms with Gasteiger partial charge >= 0.3 is 6.09 Å². The smallest absolute Gasteiger partial charge is 0.420 e. The van der Waals surface area contributed by atoms with Gasteiger partial charge in [0.15, 0.2) is 5.60 Å². The maximum absolute atomic E-state index is 12.9. The summed E-state index contributed by atoms with van der Waals surface area (Å²) in [7, 11) is 0. The zero-order valence-electron chi connectivity index (χ0n) is 19.0. The number of ether oxygens (including phenoxy) is 2. The van der Waals surface area contributed by atoms with E-state index < -0.39 is 17.3 Å². The van der Waals surface area contributed by atoms with Gasteiger partial charge in [0.25, 0.3) is 0 Å². The number of nitriles is 1. The van der Waals surface area contributed by atoms with E-state index in [-0.39, 0.29) is 18.2 Å². The van der Waals surface area contributed by atoms with Crippen LogP contribution in [0.4, 0.5) is 10.5 Å². The second-order valence-corrected chi connectivity index (χ2v) is 8.79. The van der Waals surface area contributed by atoms with Gasteiger partial charge in [-0.05, 0) is 69.2 Å². The van der Waals surface area contributed by atoms with E-state index in [0.29, 0.717) is 34.7 Å². The van der Waals surface area contributed by atoms with Gasteiger partial charge in [0.1, 0.15) is 29.7 Å². The number of amides is 1. The average Bonchev–Trinajstić information content (AvgIpc) is 3.42. The Morgan fingerprint density at radius 3 is 2.70 bits per heavy atom. The van der Waals surface area contributed by atoms with Crippen LogP contribution in [0.1, 0.15) is 51.1 Å². The second-order valence-electron chi connectivity index (χ2n) is 8.79. The molecule has 2 aromatic heterocycles. The van der Waals surface area contributed by atoms with Gasteiger partial charge in [-0.1, -0.05) is 13.0 Å². The molecule has 1 aliphatic heterocycles. The number of nitrogens with zero attached hydrogens (tertiary/aromatic N) is 2. The minimum Gasteiger partial charge on any atom is -0.466 e. The molecular weight excluding hydrogens is 422 g/mol. The molecule has 8 heteroatoms. The van der Waals surface area contributed by atoms with Crippen molar-refractivity contribution in [2.24, 2.45) is 0 Å². The molecule has 1 unspecified atom stereocenters. The van der Waals surface area contributed by atoms with Gasteiger partial charge in [-0.25, -0.2) is 9.36 Å². The van der Waals surface area contributed by atoms with Crippen LogP contribution in [0, 0.1) is 11.3 Å². The third-order valence-electron chi connectivity index (χ3n) is 5.46. The largest absolute Gasteiger partial charge is 0.466 e. The van der Waals surface area contributed by atoms with Crippen LogP contribution in [0.5, 0.6) is 0 Å². The Bertz CT molecular complexity index is 1240. The Balaban J connectivity index is 1.90. The molecule has 0 saturated heterocycles. The zero-order valence-corrected chi connectivity index (χ0v) is 19.0. The third kappa shape index (κ3) is 4.03. The van der Waals surface area contributed by atoms with Gasteiger partial charge in [-0.15, -0.1) is 0 Å². The van der Waals surface area contributed by atoms with Crippen molar-refractivity contribution in [1.29, 1.82) is 5.26 Å². The fraction of sp³-hybridized carbons (Fsp3) is 0.320. The molecule has 170 valence electrons. The van der Waals surface area contributed by atoms with E-state index in [1.807, 2.05) is 25.1 Å². The summed E-state index contributed by atoms with van der Waals surface area (Å²) in [4.78, 5) is 25.3. The lowest BCUT2D eigenvalue weighted by molar-refractivity contribution is -0.126. The van der Waals surface area contributed by atoms with E-state index in [0.717, 1.165) is 0 Å². The zero-order chi connectivity index (χ0) is 23.8. The first kappa shape index (κ1) is 22.4. The van der Waals surface area contributed by atoms with E-state index in [1.165, 1.54) is 4.57 Å².